The quantitative estimate of drug-likeness (QED) is 0.922. The van der Waals surface area contributed by atoms with Crippen LogP contribution in [0.1, 0.15) is 36.7 Å². The molecule has 3 rings (SSSR count). The van der Waals surface area contributed by atoms with Crippen LogP contribution in [0.5, 0.6) is 0 Å². The molecular formula is C15H15BrO2. The standard InChI is InChI=1S/C15H15BrO2/c16-12-7-10-18-13(12)14(17)15(8-4-9-15)11-5-2-1-3-6-11/h1-3,5-7,10,14,17H,4,8-9H2. The molecule has 1 aromatic heterocycles. The normalized spacial score (nSPS) is 19.2. The molecule has 1 aliphatic rings. The van der Waals surface area contributed by atoms with E-state index >= 15 is 0 Å². The molecule has 0 spiro atoms. The van der Waals surface area contributed by atoms with Crippen LogP contribution >= 0.6 is 15.9 Å². The van der Waals surface area contributed by atoms with Crippen LogP contribution in [0.4, 0.5) is 0 Å². The highest BCUT2D eigenvalue weighted by atomic mass is 79.9. The Balaban J connectivity index is 2.00. The first-order chi connectivity index (χ1) is 8.74. The Morgan fingerprint density at radius 1 is 1.17 bits per heavy atom. The lowest BCUT2D eigenvalue weighted by molar-refractivity contribution is 0.0110. The van der Waals surface area contributed by atoms with Gasteiger partial charge in [-0.25, -0.2) is 0 Å². The van der Waals surface area contributed by atoms with Crippen LogP contribution in [-0.2, 0) is 5.41 Å². The number of hydrogen-bond donors (Lipinski definition) is 1. The van der Waals surface area contributed by atoms with Gasteiger partial charge in [0, 0.05) is 5.41 Å². The lowest BCUT2D eigenvalue weighted by Gasteiger charge is -2.45. The molecule has 3 heteroatoms. The minimum absolute atomic E-state index is 0.179. The highest BCUT2D eigenvalue weighted by Gasteiger charge is 2.47. The monoisotopic (exact) mass is 306 g/mol. The summed E-state index contributed by atoms with van der Waals surface area (Å²) < 4.78 is 6.28. The molecule has 0 amide bonds. The zero-order valence-electron chi connectivity index (χ0n) is 9.97. The van der Waals surface area contributed by atoms with Crippen molar-refractivity contribution < 1.29 is 9.52 Å². The molecule has 94 valence electrons. The van der Waals surface area contributed by atoms with E-state index in [0.29, 0.717) is 5.76 Å². The van der Waals surface area contributed by atoms with Gasteiger partial charge in [0.1, 0.15) is 11.9 Å². The van der Waals surface area contributed by atoms with E-state index in [4.69, 9.17) is 4.42 Å². The van der Waals surface area contributed by atoms with Gasteiger partial charge in [0.2, 0.25) is 0 Å². The number of halogens is 1. The molecule has 1 heterocycles. The Morgan fingerprint density at radius 2 is 1.89 bits per heavy atom. The van der Waals surface area contributed by atoms with Crippen molar-refractivity contribution in [3.05, 3.63) is 58.5 Å². The van der Waals surface area contributed by atoms with Crippen LogP contribution in [0.25, 0.3) is 0 Å². The Kier molecular flexibility index (Phi) is 3.04. The molecule has 0 aliphatic heterocycles. The number of hydrogen-bond acceptors (Lipinski definition) is 2. The van der Waals surface area contributed by atoms with E-state index < -0.39 is 6.10 Å². The van der Waals surface area contributed by atoms with Gasteiger partial charge in [0.15, 0.2) is 0 Å². The zero-order valence-corrected chi connectivity index (χ0v) is 11.6. The van der Waals surface area contributed by atoms with Gasteiger partial charge >= 0.3 is 0 Å². The van der Waals surface area contributed by atoms with Crippen LogP contribution in [0.3, 0.4) is 0 Å². The van der Waals surface area contributed by atoms with Crippen molar-refractivity contribution in [2.75, 3.05) is 0 Å². The van der Waals surface area contributed by atoms with E-state index in [9.17, 15) is 5.11 Å². The van der Waals surface area contributed by atoms with Crippen molar-refractivity contribution in [2.45, 2.75) is 30.8 Å². The van der Waals surface area contributed by atoms with E-state index in [-0.39, 0.29) is 5.41 Å². The van der Waals surface area contributed by atoms with Gasteiger partial charge in [-0.1, -0.05) is 36.8 Å². The smallest absolute Gasteiger partial charge is 0.147 e. The van der Waals surface area contributed by atoms with Crippen LogP contribution in [0, 0.1) is 0 Å². The van der Waals surface area contributed by atoms with E-state index in [0.717, 1.165) is 23.7 Å². The number of aliphatic hydroxyl groups is 1. The fourth-order valence-electron chi connectivity index (χ4n) is 2.80. The summed E-state index contributed by atoms with van der Waals surface area (Å²) in [6.45, 7) is 0. The Labute approximate surface area is 115 Å². The van der Waals surface area contributed by atoms with Crippen molar-refractivity contribution in [1.29, 1.82) is 0 Å². The first kappa shape index (κ1) is 12.0. The molecule has 1 aromatic carbocycles. The summed E-state index contributed by atoms with van der Waals surface area (Å²) >= 11 is 3.43. The highest BCUT2D eigenvalue weighted by molar-refractivity contribution is 9.10. The third-order valence-electron chi connectivity index (χ3n) is 4.01. The summed E-state index contributed by atoms with van der Waals surface area (Å²) in [6, 6.07) is 12.1. The Bertz CT molecular complexity index is 528. The molecule has 1 atom stereocenters. The lowest BCUT2D eigenvalue weighted by atomic mass is 9.60. The topological polar surface area (TPSA) is 33.4 Å². The fraction of sp³-hybridized carbons (Fsp3) is 0.333. The maximum absolute atomic E-state index is 10.7. The Hall–Kier alpha value is -1.06. The molecule has 1 N–H and O–H groups in total. The highest BCUT2D eigenvalue weighted by Crippen LogP contribution is 2.53. The summed E-state index contributed by atoms with van der Waals surface area (Å²) in [6.07, 6.45) is 4.19. The van der Waals surface area contributed by atoms with Crippen LogP contribution in [0.15, 0.2) is 51.6 Å². The van der Waals surface area contributed by atoms with E-state index in [2.05, 4.69) is 28.1 Å². The van der Waals surface area contributed by atoms with E-state index in [1.54, 1.807) is 6.26 Å². The molecule has 0 radical (unpaired) electrons. The SMILES string of the molecule is OC(c1occc1Br)C1(c2ccccc2)CCC1. The molecular weight excluding hydrogens is 292 g/mol. The lowest BCUT2D eigenvalue weighted by Crippen LogP contribution is -2.40. The van der Waals surface area contributed by atoms with E-state index in [1.807, 2.05) is 24.3 Å². The second kappa shape index (κ2) is 4.56. The molecule has 2 aromatic rings. The van der Waals surface area contributed by atoms with Crippen molar-refractivity contribution in [2.24, 2.45) is 0 Å². The third kappa shape index (κ3) is 1.73. The number of benzene rings is 1. The zero-order chi connectivity index (χ0) is 12.6. The van der Waals surface area contributed by atoms with Crippen LogP contribution in [0.2, 0.25) is 0 Å². The maximum atomic E-state index is 10.7. The maximum Gasteiger partial charge on any atom is 0.147 e. The Morgan fingerprint density at radius 3 is 2.39 bits per heavy atom. The van der Waals surface area contributed by atoms with Gasteiger partial charge in [0.05, 0.1) is 10.7 Å². The summed E-state index contributed by atoms with van der Waals surface area (Å²) in [7, 11) is 0. The van der Waals surface area contributed by atoms with Gasteiger partial charge in [-0.3, -0.25) is 0 Å². The molecule has 1 fully saturated rings. The second-order valence-corrected chi connectivity index (χ2v) is 5.77. The summed E-state index contributed by atoms with van der Waals surface area (Å²) in [5.41, 5.74) is 1.02. The van der Waals surface area contributed by atoms with Gasteiger partial charge in [-0.15, -0.1) is 0 Å². The second-order valence-electron chi connectivity index (χ2n) is 4.91. The molecule has 0 saturated heterocycles. The minimum atomic E-state index is -0.585. The molecule has 2 nitrogen and oxygen atoms in total. The number of aliphatic hydroxyl groups excluding tert-OH is 1. The molecule has 1 aliphatic carbocycles. The van der Waals surface area contributed by atoms with Gasteiger partial charge < -0.3 is 9.52 Å². The van der Waals surface area contributed by atoms with Gasteiger partial charge in [0.25, 0.3) is 0 Å². The van der Waals surface area contributed by atoms with Gasteiger partial charge in [-0.2, -0.15) is 0 Å². The summed E-state index contributed by atoms with van der Waals surface area (Å²) in [4.78, 5) is 0. The van der Waals surface area contributed by atoms with Crippen molar-refractivity contribution >= 4 is 15.9 Å². The van der Waals surface area contributed by atoms with Crippen LogP contribution < -0.4 is 0 Å². The van der Waals surface area contributed by atoms with Crippen LogP contribution in [-0.4, -0.2) is 5.11 Å². The fourth-order valence-corrected chi connectivity index (χ4v) is 3.22. The predicted molar refractivity (Wildman–Crippen MR) is 73.3 cm³/mol. The first-order valence-electron chi connectivity index (χ1n) is 6.20. The average Bonchev–Trinajstić information content (AvgIpc) is 2.75. The average molecular weight is 307 g/mol. The van der Waals surface area contributed by atoms with Gasteiger partial charge in [-0.05, 0) is 40.4 Å². The van der Waals surface area contributed by atoms with Crippen molar-refractivity contribution in [1.82, 2.24) is 0 Å². The van der Waals surface area contributed by atoms with Crippen molar-refractivity contribution in [3.63, 3.8) is 0 Å². The number of furan rings is 1. The molecule has 0 bridgehead atoms. The summed E-state index contributed by atoms with van der Waals surface area (Å²) in [5, 5.41) is 10.7. The number of rotatable bonds is 3. The molecule has 1 unspecified atom stereocenters. The summed E-state index contributed by atoms with van der Waals surface area (Å²) in [5.74, 6) is 0.638. The minimum Gasteiger partial charge on any atom is -0.465 e. The largest absolute Gasteiger partial charge is 0.465 e. The van der Waals surface area contributed by atoms with E-state index in [1.165, 1.54) is 5.56 Å². The molecule has 18 heavy (non-hydrogen) atoms. The molecule has 1 saturated carbocycles. The van der Waals surface area contributed by atoms with Crippen molar-refractivity contribution in [3.8, 4) is 0 Å². The third-order valence-corrected chi connectivity index (χ3v) is 4.67. The predicted octanol–water partition coefficient (Wildman–Crippen LogP) is 4.20. The first-order valence-corrected chi connectivity index (χ1v) is 7.00.